The highest BCUT2D eigenvalue weighted by Crippen LogP contribution is 2.25. The summed E-state index contributed by atoms with van der Waals surface area (Å²) in [5.41, 5.74) is 3.12. The number of nitrogens with zero attached hydrogens (tertiary/aromatic N) is 2. The van der Waals surface area contributed by atoms with Crippen molar-refractivity contribution in [3.8, 4) is 5.75 Å². The third-order valence-electron chi connectivity index (χ3n) is 6.27. The second-order valence-electron chi connectivity index (χ2n) is 8.81. The van der Waals surface area contributed by atoms with Crippen LogP contribution in [0.2, 0.25) is 5.02 Å². The number of aryl methyl sites for hydroxylation is 1. The SMILES string of the molecule is Cc1ccc(Cl)cc1N1CCN(C(=O)COc2ccc(S(=O)(=O)NC(C)c3ccccc3)cc2)CC1. The molecule has 4 rings (SSSR count). The Morgan fingerprint density at radius 3 is 2.33 bits per heavy atom. The van der Waals surface area contributed by atoms with E-state index in [1.54, 1.807) is 24.0 Å². The Labute approximate surface area is 217 Å². The van der Waals surface area contributed by atoms with Crippen LogP contribution in [0.25, 0.3) is 0 Å². The normalized spacial score (nSPS) is 15.0. The molecule has 0 spiro atoms. The van der Waals surface area contributed by atoms with Crippen LogP contribution in [0.15, 0.2) is 77.7 Å². The zero-order chi connectivity index (χ0) is 25.7. The van der Waals surface area contributed by atoms with Crippen molar-refractivity contribution >= 4 is 33.2 Å². The highest BCUT2D eigenvalue weighted by molar-refractivity contribution is 7.89. The molecule has 1 heterocycles. The second-order valence-corrected chi connectivity index (χ2v) is 11.0. The molecule has 3 aromatic rings. The van der Waals surface area contributed by atoms with Crippen LogP contribution in [-0.4, -0.2) is 52.0 Å². The number of rotatable bonds is 8. The third kappa shape index (κ3) is 6.37. The van der Waals surface area contributed by atoms with Gasteiger partial charge in [-0.05, 0) is 61.4 Å². The number of hydrogen-bond acceptors (Lipinski definition) is 5. The average molecular weight is 528 g/mol. The van der Waals surface area contributed by atoms with E-state index < -0.39 is 10.0 Å². The molecule has 0 aliphatic carbocycles. The number of hydrogen-bond donors (Lipinski definition) is 1. The minimum absolute atomic E-state index is 0.104. The van der Waals surface area contributed by atoms with Crippen molar-refractivity contribution in [2.45, 2.75) is 24.8 Å². The Balaban J connectivity index is 1.28. The standard InChI is InChI=1S/C27H30ClN3O4S/c1-20-8-9-23(28)18-26(20)30-14-16-31(17-15-30)27(32)19-35-24-10-12-25(13-11-24)36(33,34)29-21(2)22-6-4-3-5-7-22/h3-13,18,21,29H,14-17,19H2,1-2H3. The van der Waals surface area contributed by atoms with Crippen molar-refractivity contribution in [1.29, 1.82) is 0 Å². The molecule has 1 unspecified atom stereocenters. The van der Waals surface area contributed by atoms with Gasteiger partial charge in [-0.1, -0.05) is 48.0 Å². The van der Waals surface area contributed by atoms with Crippen molar-refractivity contribution in [3.63, 3.8) is 0 Å². The molecule has 1 aliphatic heterocycles. The van der Waals surface area contributed by atoms with Gasteiger partial charge in [-0.2, -0.15) is 0 Å². The van der Waals surface area contributed by atoms with Crippen LogP contribution in [-0.2, 0) is 14.8 Å². The molecule has 0 saturated carbocycles. The third-order valence-corrected chi connectivity index (χ3v) is 8.06. The molecule has 1 atom stereocenters. The van der Waals surface area contributed by atoms with E-state index in [-0.39, 0.29) is 23.5 Å². The summed E-state index contributed by atoms with van der Waals surface area (Å²) in [6.07, 6.45) is 0. The highest BCUT2D eigenvalue weighted by Gasteiger charge is 2.23. The van der Waals surface area contributed by atoms with Crippen LogP contribution in [0.3, 0.4) is 0 Å². The summed E-state index contributed by atoms with van der Waals surface area (Å²) in [5.74, 6) is 0.333. The number of sulfonamides is 1. The molecular weight excluding hydrogens is 498 g/mol. The van der Waals surface area contributed by atoms with Crippen LogP contribution in [0, 0.1) is 6.92 Å². The van der Waals surface area contributed by atoms with Crippen molar-refractivity contribution in [2.24, 2.45) is 0 Å². The Hall–Kier alpha value is -3.07. The summed E-state index contributed by atoms with van der Waals surface area (Å²) in [6.45, 7) is 6.36. The molecule has 1 amide bonds. The largest absolute Gasteiger partial charge is 0.484 e. The molecule has 7 nitrogen and oxygen atoms in total. The van der Waals surface area contributed by atoms with Crippen LogP contribution in [0.1, 0.15) is 24.1 Å². The first-order valence-corrected chi connectivity index (χ1v) is 13.7. The average Bonchev–Trinajstić information content (AvgIpc) is 2.89. The van der Waals surface area contributed by atoms with Crippen LogP contribution in [0.5, 0.6) is 5.75 Å². The van der Waals surface area contributed by atoms with E-state index in [9.17, 15) is 13.2 Å². The van der Waals surface area contributed by atoms with Gasteiger partial charge in [-0.3, -0.25) is 4.79 Å². The first kappa shape index (κ1) is 26.0. The molecule has 1 N–H and O–H groups in total. The molecular formula is C27H30ClN3O4S. The van der Waals surface area contributed by atoms with Crippen molar-refractivity contribution in [3.05, 3.63) is 88.9 Å². The molecule has 0 radical (unpaired) electrons. The van der Waals surface area contributed by atoms with E-state index >= 15 is 0 Å². The number of nitrogens with one attached hydrogen (secondary N) is 1. The highest BCUT2D eigenvalue weighted by atomic mass is 35.5. The molecule has 1 saturated heterocycles. The summed E-state index contributed by atoms with van der Waals surface area (Å²) in [6, 6.07) is 20.9. The quantitative estimate of drug-likeness (QED) is 0.469. The molecule has 0 aromatic heterocycles. The van der Waals surface area contributed by atoms with E-state index in [2.05, 4.69) is 9.62 Å². The number of carbonyl (C=O) groups is 1. The number of halogens is 1. The lowest BCUT2D eigenvalue weighted by atomic mass is 10.1. The number of benzene rings is 3. The van der Waals surface area contributed by atoms with Crippen molar-refractivity contribution in [2.75, 3.05) is 37.7 Å². The Kier molecular flexibility index (Phi) is 8.18. The fraction of sp³-hybridized carbons (Fsp3) is 0.296. The van der Waals surface area contributed by atoms with E-state index in [4.69, 9.17) is 16.3 Å². The maximum Gasteiger partial charge on any atom is 0.260 e. The van der Waals surface area contributed by atoms with Gasteiger partial charge in [0.25, 0.3) is 5.91 Å². The lowest BCUT2D eigenvalue weighted by Crippen LogP contribution is -2.50. The van der Waals surface area contributed by atoms with Gasteiger partial charge in [-0.15, -0.1) is 0 Å². The lowest BCUT2D eigenvalue weighted by Gasteiger charge is -2.36. The summed E-state index contributed by atoms with van der Waals surface area (Å²) in [7, 11) is -3.70. The fourth-order valence-electron chi connectivity index (χ4n) is 4.18. The Morgan fingerprint density at radius 1 is 1.00 bits per heavy atom. The number of amides is 1. The van der Waals surface area contributed by atoms with Crippen LogP contribution >= 0.6 is 11.6 Å². The number of anilines is 1. The first-order chi connectivity index (χ1) is 17.2. The number of ether oxygens (including phenoxy) is 1. The summed E-state index contributed by atoms with van der Waals surface area (Å²) in [5, 5.41) is 0.697. The minimum atomic E-state index is -3.70. The Bertz CT molecular complexity index is 1290. The fourth-order valence-corrected chi connectivity index (χ4v) is 5.58. The maximum absolute atomic E-state index is 12.7. The smallest absolute Gasteiger partial charge is 0.260 e. The molecule has 9 heteroatoms. The number of carbonyl (C=O) groups excluding carboxylic acids is 1. The molecule has 190 valence electrons. The zero-order valence-electron chi connectivity index (χ0n) is 20.4. The first-order valence-electron chi connectivity index (χ1n) is 11.8. The zero-order valence-corrected chi connectivity index (χ0v) is 21.9. The molecule has 1 aliphatic rings. The second kappa shape index (κ2) is 11.3. The van der Waals surface area contributed by atoms with Gasteiger partial charge in [0.2, 0.25) is 10.0 Å². The van der Waals surface area contributed by atoms with Gasteiger partial charge in [0.15, 0.2) is 6.61 Å². The monoisotopic (exact) mass is 527 g/mol. The van der Waals surface area contributed by atoms with Gasteiger partial charge in [0, 0.05) is 42.9 Å². The minimum Gasteiger partial charge on any atom is -0.484 e. The molecule has 0 bridgehead atoms. The van der Waals surface area contributed by atoms with E-state index in [1.165, 1.54) is 12.1 Å². The predicted octanol–water partition coefficient (Wildman–Crippen LogP) is 4.42. The van der Waals surface area contributed by atoms with Crippen molar-refractivity contribution < 1.29 is 17.9 Å². The van der Waals surface area contributed by atoms with Gasteiger partial charge < -0.3 is 14.5 Å². The summed E-state index contributed by atoms with van der Waals surface area (Å²) < 4.78 is 33.8. The summed E-state index contributed by atoms with van der Waals surface area (Å²) in [4.78, 5) is 16.8. The molecule has 36 heavy (non-hydrogen) atoms. The van der Waals surface area contributed by atoms with E-state index in [0.717, 1.165) is 16.8 Å². The van der Waals surface area contributed by atoms with E-state index in [1.807, 2.05) is 55.5 Å². The lowest BCUT2D eigenvalue weighted by molar-refractivity contribution is -0.133. The van der Waals surface area contributed by atoms with Gasteiger partial charge in [0.1, 0.15) is 5.75 Å². The van der Waals surface area contributed by atoms with Gasteiger partial charge in [-0.25, -0.2) is 13.1 Å². The van der Waals surface area contributed by atoms with Crippen LogP contribution in [0.4, 0.5) is 5.69 Å². The topological polar surface area (TPSA) is 79.0 Å². The maximum atomic E-state index is 12.7. The van der Waals surface area contributed by atoms with Gasteiger partial charge >= 0.3 is 0 Å². The molecule has 1 fully saturated rings. The van der Waals surface area contributed by atoms with E-state index in [0.29, 0.717) is 37.0 Å². The summed E-state index contributed by atoms with van der Waals surface area (Å²) >= 11 is 6.15. The number of piperazine rings is 1. The van der Waals surface area contributed by atoms with Crippen LogP contribution < -0.4 is 14.4 Å². The van der Waals surface area contributed by atoms with Gasteiger partial charge in [0.05, 0.1) is 4.90 Å². The predicted molar refractivity (Wildman–Crippen MR) is 142 cm³/mol. The van der Waals surface area contributed by atoms with Crippen molar-refractivity contribution in [1.82, 2.24) is 9.62 Å². The molecule has 3 aromatic carbocycles. The Morgan fingerprint density at radius 2 is 1.67 bits per heavy atom.